The Morgan fingerprint density at radius 1 is 1.20 bits per heavy atom. The first-order valence-electron chi connectivity index (χ1n) is 9.33. The minimum absolute atomic E-state index is 0.0876. The van der Waals surface area contributed by atoms with Crippen LogP contribution in [0, 0.1) is 28.4 Å². The molecule has 0 bridgehead atoms. The summed E-state index contributed by atoms with van der Waals surface area (Å²) in [6, 6.07) is 9.75. The van der Waals surface area contributed by atoms with Crippen molar-refractivity contribution in [2.75, 3.05) is 6.54 Å². The number of benzene rings is 1. The summed E-state index contributed by atoms with van der Waals surface area (Å²) < 4.78 is 5.76. The molecule has 1 aliphatic heterocycles. The van der Waals surface area contributed by atoms with Gasteiger partial charge >= 0.3 is 0 Å². The molecule has 8 nitrogen and oxygen atoms in total. The van der Waals surface area contributed by atoms with E-state index in [1.807, 2.05) is 19.9 Å². The number of nitrogens with zero attached hydrogens (tertiary/aromatic N) is 3. The standard InChI is InChI=1S/C22H19N3O5/c1-4-9-24-21(26)16(14(3)18(12-23)22(24)27)11-15-6-8-20(30-15)17-10-13(2)5-7-19(17)25(28)29/h5-8,10-11H,4,9H2,1-3H3/b16-11+. The van der Waals surface area contributed by atoms with Gasteiger partial charge < -0.3 is 4.42 Å². The molecule has 0 atom stereocenters. The van der Waals surface area contributed by atoms with Gasteiger partial charge in [0, 0.05) is 18.2 Å². The fraction of sp³-hybridized carbons (Fsp3) is 0.227. The molecule has 2 amide bonds. The lowest BCUT2D eigenvalue weighted by atomic mass is 9.94. The van der Waals surface area contributed by atoms with Crippen molar-refractivity contribution in [3.05, 3.63) is 68.5 Å². The topological polar surface area (TPSA) is 117 Å². The van der Waals surface area contributed by atoms with Crippen LogP contribution in [-0.4, -0.2) is 28.2 Å². The molecule has 1 aromatic carbocycles. The summed E-state index contributed by atoms with van der Waals surface area (Å²) in [5, 5.41) is 20.7. The maximum Gasteiger partial charge on any atom is 0.280 e. The van der Waals surface area contributed by atoms with Gasteiger partial charge in [-0.3, -0.25) is 24.6 Å². The Balaban J connectivity index is 2.08. The normalized spacial score (nSPS) is 15.7. The maximum atomic E-state index is 12.8. The number of nitriles is 1. The second-order valence-electron chi connectivity index (χ2n) is 6.91. The molecule has 0 saturated carbocycles. The molecule has 0 spiro atoms. The molecule has 0 N–H and O–H groups in total. The van der Waals surface area contributed by atoms with E-state index in [0.717, 1.165) is 10.5 Å². The summed E-state index contributed by atoms with van der Waals surface area (Å²) in [6.07, 6.45) is 2.01. The molecule has 1 aromatic heterocycles. The number of imide groups is 1. The van der Waals surface area contributed by atoms with Crippen molar-refractivity contribution in [1.29, 1.82) is 5.26 Å². The first-order valence-corrected chi connectivity index (χ1v) is 9.33. The summed E-state index contributed by atoms with van der Waals surface area (Å²) in [4.78, 5) is 37.1. The van der Waals surface area contributed by atoms with Crippen LogP contribution in [0.25, 0.3) is 17.4 Å². The number of aryl methyl sites for hydroxylation is 1. The molecular formula is C22H19N3O5. The third kappa shape index (κ3) is 3.65. The average molecular weight is 405 g/mol. The summed E-state index contributed by atoms with van der Waals surface area (Å²) >= 11 is 0. The molecule has 2 aromatic rings. The van der Waals surface area contributed by atoms with E-state index in [2.05, 4.69) is 0 Å². The number of hydrogen-bond donors (Lipinski definition) is 0. The van der Waals surface area contributed by atoms with Crippen LogP contribution in [0.3, 0.4) is 0 Å². The highest BCUT2D eigenvalue weighted by atomic mass is 16.6. The summed E-state index contributed by atoms with van der Waals surface area (Å²) in [5.74, 6) is -0.539. The molecule has 0 saturated heterocycles. The van der Waals surface area contributed by atoms with Crippen molar-refractivity contribution < 1.29 is 18.9 Å². The number of nitro benzene ring substituents is 1. The molecule has 0 radical (unpaired) electrons. The van der Waals surface area contributed by atoms with E-state index in [9.17, 15) is 25.0 Å². The van der Waals surface area contributed by atoms with Gasteiger partial charge in [0.1, 0.15) is 23.2 Å². The average Bonchev–Trinajstić information content (AvgIpc) is 3.17. The van der Waals surface area contributed by atoms with Crippen LogP contribution in [0.1, 0.15) is 31.6 Å². The zero-order chi connectivity index (χ0) is 22.0. The van der Waals surface area contributed by atoms with E-state index in [0.29, 0.717) is 12.0 Å². The first kappa shape index (κ1) is 20.7. The maximum absolute atomic E-state index is 12.8. The smallest absolute Gasteiger partial charge is 0.280 e. The molecule has 0 aliphatic carbocycles. The SMILES string of the molecule is CCCN1C(=O)C(C#N)=C(C)/C(=C\c2ccc(-c3cc(C)ccc3[N+](=O)[O-])o2)C1=O. The van der Waals surface area contributed by atoms with Gasteiger partial charge in [0.05, 0.1) is 10.5 Å². The van der Waals surface area contributed by atoms with Gasteiger partial charge in [-0.05, 0) is 55.7 Å². The fourth-order valence-electron chi connectivity index (χ4n) is 3.28. The van der Waals surface area contributed by atoms with Crippen LogP contribution in [0.5, 0.6) is 0 Å². The van der Waals surface area contributed by atoms with Crippen LogP contribution in [0.15, 0.2) is 51.5 Å². The van der Waals surface area contributed by atoms with E-state index in [4.69, 9.17) is 4.42 Å². The van der Waals surface area contributed by atoms with E-state index < -0.39 is 16.7 Å². The molecule has 152 valence electrons. The second-order valence-corrected chi connectivity index (χ2v) is 6.91. The van der Waals surface area contributed by atoms with Crippen molar-refractivity contribution in [3.8, 4) is 17.4 Å². The van der Waals surface area contributed by atoms with Crippen LogP contribution in [0.2, 0.25) is 0 Å². The highest BCUT2D eigenvalue weighted by Gasteiger charge is 2.35. The summed E-state index contributed by atoms with van der Waals surface area (Å²) in [5.41, 5.74) is 1.44. The Kier molecular flexibility index (Phi) is 5.65. The third-order valence-electron chi connectivity index (χ3n) is 4.80. The Morgan fingerprint density at radius 2 is 1.93 bits per heavy atom. The predicted octanol–water partition coefficient (Wildman–Crippen LogP) is 4.17. The van der Waals surface area contributed by atoms with Crippen molar-refractivity contribution in [2.24, 2.45) is 0 Å². The Labute approximate surface area is 172 Å². The predicted molar refractivity (Wildman–Crippen MR) is 109 cm³/mol. The van der Waals surface area contributed by atoms with E-state index in [-0.39, 0.29) is 40.5 Å². The molecule has 2 heterocycles. The van der Waals surface area contributed by atoms with Crippen LogP contribution in [-0.2, 0) is 9.59 Å². The molecule has 8 heteroatoms. The van der Waals surface area contributed by atoms with Gasteiger partial charge in [-0.25, -0.2) is 0 Å². The molecule has 30 heavy (non-hydrogen) atoms. The van der Waals surface area contributed by atoms with Gasteiger partial charge in [0.25, 0.3) is 17.5 Å². The molecule has 0 unspecified atom stereocenters. The molecule has 1 aliphatic rings. The fourth-order valence-corrected chi connectivity index (χ4v) is 3.28. The quantitative estimate of drug-likeness (QED) is 0.319. The van der Waals surface area contributed by atoms with Crippen LogP contribution < -0.4 is 0 Å². The Bertz CT molecular complexity index is 1160. The Morgan fingerprint density at radius 3 is 2.57 bits per heavy atom. The zero-order valence-corrected chi connectivity index (χ0v) is 16.8. The summed E-state index contributed by atoms with van der Waals surface area (Å²) in [6.45, 7) is 5.39. The zero-order valence-electron chi connectivity index (χ0n) is 16.8. The van der Waals surface area contributed by atoms with Gasteiger partial charge in [0.15, 0.2) is 0 Å². The summed E-state index contributed by atoms with van der Waals surface area (Å²) in [7, 11) is 0. The largest absolute Gasteiger partial charge is 0.456 e. The third-order valence-corrected chi connectivity index (χ3v) is 4.80. The monoisotopic (exact) mass is 405 g/mol. The number of furan rings is 1. The lowest BCUT2D eigenvalue weighted by molar-refractivity contribution is -0.384. The second kappa shape index (κ2) is 8.17. The number of carbonyl (C=O) groups excluding carboxylic acids is 2. The van der Waals surface area contributed by atoms with Gasteiger partial charge in [-0.15, -0.1) is 0 Å². The van der Waals surface area contributed by atoms with E-state index >= 15 is 0 Å². The van der Waals surface area contributed by atoms with Gasteiger partial charge in [0.2, 0.25) is 0 Å². The van der Waals surface area contributed by atoms with Gasteiger partial charge in [-0.1, -0.05) is 13.0 Å². The van der Waals surface area contributed by atoms with Crippen molar-refractivity contribution in [1.82, 2.24) is 4.90 Å². The highest BCUT2D eigenvalue weighted by Crippen LogP contribution is 2.33. The molecule has 0 fully saturated rings. The van der Waals surface area contributed by atoms with Gasteiger partial charge in [-0.2, -0.15) is 5.26 Å². The van der Waals surface area contributed by atoms with Crippen LogP contribution >= 0.6 is 0 Å². The lowest BCUT2D eigenvalue weighted by Gasteiger charge is -2.26. The first-order chi connectivity index (χ1) is 14.3. The molecule has 3 rings (SSSR count). The van der Waals surface area contributed by atoms with Crippen molar-refractivity contribution >= 4 is 23.6 Å². The molecular weight excluding hydrogens is 386 g/mol. The number of nitro groups is 1. The number of amides is 2. The number of carbonyl (C=O) groups is 2. The number of rotatable bonds is 5. The van der Waals surface area contributed by atoms with E-state index in [1.54, 1.807) is 31.2 Å². The van der Waals surface area contributed by atoms with E-state index in [1.165, 1.54) is 12.1 Å². The van der Waals surface area contributed by atoms with Crippen LogP contribution in [0.4, 0.5) is 5.69 Å². The van der Waals surface area contributed by atoms with Crippen molar-refractivity contribution in [2.45, 2.75) is 27.2 Å². The number of hydrogen-bond acceptors (Lipinski definition) is 6. The lowest BCUT2D eigenvalue weighted by Crippen LogP contribution is -2.43. The highest BCUT2D eigenvalue weighted by molar-refractivity contribution is 6.19. The Hall–Kier alpha value is -3.99. The van der Waals surface area contributed by atoms with Crippen molar-refractivity contribution in [3.63, 3.8) is 0 Å². The minimum atomic E-state index is -0.602. The minimum Gasteiger partial charge on any atom is -0.456 e.